The average molecular weight is 452 g/mol. The van der Waals surface area contributed by atoms with Crippen molar-refractivity contribution >= 4 is 34.5 Å². The van der Waals surface area contributed by atoms with Crippen LogP contribution >= 0.6 is 22.7 Å². The largest absolute Gasteiger partial charge is 0.435 e. The van der Waals surface area contributed by atoms with Crippen LogP contribution in [-0.4, -0.2) is 36.5 Å². The molecule has 1 aromatic carbocycles. The SMILES string of the molecule is Cc1nc(-c2ccc(CCNC(=O)CNC(=O)c3cccc(OC(F)F)c3)s2)cs1. The summed E-state index contributed by atoms with van der Waals surface area (Å²) in [6.07, 6.45) is 0.667. The molecule has 2 N–H and O–H groups in total. The molecule has 2 heterocycles. The quantitative estimate of drug-likeness (QED) is 0.518. The molecule has 0 saturated heterocycles. The normalized spacial score (nSPS) is 10.8. The molecule has 2 amide bonds. The van der Waals surface area contributed by atoms with Gasteiger partial charge in [0.1, 0.15) is 5.75 Å². The number of ether oxygens (including phenoxy) is 1. The molecule has 0 atom stereocenters. The summed E-state index contributed by atoms with van der Waals surface area (Å²) in [6.45, 7) is -0.793. The zero-order valence-corrected chi connectivity index (χ0v) is 17.6. The number of nitrogens with zero attached hydrogens (tertiary/aromatic N) is 1. The van der Waals surface area contributed by atoms with Crippen molar-refractivity contribution < 1.29 is 23.1 Å². The third kappa shape index (κ3) is 6.33. The van der Waals surface area contributed by atoms with Crippen LogP contribution in [0.25, 0.3) is 10.6 Å². The van der Waals surface area contributed by atoms with Gasteiger partial charge >= 0.3 is 6.61 Å². The van der Waals surface area contributed by atoms with Crippen LogP contribution in [-0.2, 0) is 11.2 Å². The van der Waals surface area contributed by atoms with E-state index in [1.165, 1.54) is 24.3 Å². The van der Waals surface area contributed by atoms with Gasteiger partial charge in [-0.3, -0.25) is 9.59 Å². The maximum absolute atomic E-state index is 12.3. The lowest BCUT2D eigenvalue weighted by atomic mass is 10.2. The molecule has 0 radical (unpaired) electrons. The molecule has 2 aromatic heterocycles. The first-order valence-corrected chi connectivity index (χ1v) is 10.7. The van der Waals surface area contributed by atoms with E-state index in [1.807, 2.05) is 24.4 Å². The molecule has 0 aliphatic heterocycles. The van der Waals surface area contributed by atoms with Crippen molar-refractivity contribution in [3.63, 3.8) is 0 Å². The summed E-state index contributed by atoms with van der Waals surface area (Å²) in [5.74, 6) is -1.01. The van der Waals surface area contributed by atoms with Crippen molar-refractivity contribution in [2.45, 2.75) is 20.0 Å². The van der Waals surface area contributed by atoms with Crippen LogP contribution in [0.15, 0.2) is 41.8 Å². The van der Waals surface area contributed by atoms with Gasteiger partial charge in [0.15, 0.2) is 0 Å². The topological polar surface area (TPSA) is 80.3 Å². The second-order valence-corrected chi connectivity index (χ2v) is 8.44. The van der Waals surface area contributed by atoms with Gasteiger partial charge in [-0.05, 0) is 43.7 Å². The number of thiazole rings is 1. The van der Waals surface area contributed by atoms with E-state index in [9.17, 15) is 18.4 Å². The van der Waals surface area contributed by atoms with Crippen LogP contribution in [0.1, 0.15) is 20.2 Å². The minimum absolute atomic E-state index is 0.120. The zero-order chi connectivity index (χ0) is 21.5. The van der Waals surface area contributed by atoms with Crippen LogP contribution in [0, 0.1) is 6.92 Å². The van der Waals surface area contributed by atoms with Gasteiger partial charge in [0, 0.05) is 22.4 Å². The molecule has 6 nitrogen and oxygen atoms in total. The number of halogens is 2. The molecule has 30 heavy (non-hydrogen) atoms. The van der Waals surface area contributed by atoms with Crippen molar-refractivity contribution in [2.24, 2.45) is 0 Å². The summed E-state index contributed by atoms with van der Waals surface area (Å²) in [6, 6.07) is 9.41. The Morgan fingerprint density at radius 1 is 1.20 bits per heavy atom. The highest BCUT2D eigenvalue weighted by Gasteiger charge is 2.11. The Morgan fingerprint density at radius 3 is 2.77 bits per heavy atom. The highest BCUT2D eigenvalue weighted by atomic mass is 32.1. The first-order valence-electron chi connectivity index (χ1n) is 9.01. The molecule has 3 rings (SSSR count). The van der Waals surface area contributed by atoms with Gasteiger partial charge in [0.2, 0.25) is 5.91 Å². The Labute approximate surface area is 179 Å². The molecule has 0 aliphatic rings. The smallest absolute Gasteiger partial charge is 0.387 e. The van der Waals surface area contributed by atoms with Gasteiger partial charge in [0.25, 0.3) is 5.91 Å². The fourth-order valence-corrected chi connectivity index (χ4v) is 4.25. The van der Waals surface area contributed by atoms with Gasteiger partial charge in [-0.25, -0.2) is 4.98 Å². The zero-order valence-electron chi connectivity index (χ0n) is 16.0. The predicted molar refractivity (Wildman–Crippen MR) is 112 cm³/mol. The summed E-state index contributed by atoms with van der Waals surface area (Å²) in [5, 5.41) is 8.24. The van der Waals surface area contributed by atoms with Crippen molar-refractivity contribution in [3.05, 3.63) is 57.2 Å². The lowest BCUT2D eigenvalue weighted by Crippen LogP contribution is -2.37. The number of carbonyl (C=O) groups is 2. The monoisotopic (exact) mass is 451 g/mol. The molecular weight excluding hydrogens is 432 g/mol. The molecule has 0 saturated carbocycles. The number of rotatable bonds is 9. The number of aromatic nitrogens is 1. The molecule has 158 valence electrons. The molecule has 0 spiro atoms. The Balaban J connectivity index is 1.41. The summed E-state index contributed by atoms with van der Waals surface area (Å²) in [4.78, 5) is 30.7. The summed E-state index contributed by atoms with van der Waals surface area (Å²) in [7, 11) is 0. The van der Waals surface area contributed by atoms with Crippen LogP contribution in [0.4, 0.5) is 8.78 Å². The van der Waals surface area contributed by atoms with Crippen LogP contribution < -0.4 is 15.4 Å². The third-order valence-corrected chi connectivity index (χ3v) is 5.90. The highest BCUT2D eigenvalue weighted by molar-refractivity contribution is 7.16. The number of benzene rings is 1. The lowest BCUT2D eigenvalue weighted by molar-refractivity contribution is -0.120. The number of carbonyl (C=O) groups excluding carboxylic acids is 2. The Hall–Kier alpha value is -2.85. The maximum atomic E-state index is 12.3. The number of alkyl halides is 2. The van der Waals surface area contributed by atoms with E-state index in [1.54, 1.807) is 22.7 Å². The Morgan fingerprint density at radius 2 is 2.03 bits per heavy atom. The van der Waals surface area contributed by atoms with Gasteiger partial charge < -0.3 is 15.4 Å². The second kappa shape index (κ2) is 10.3. The molecule has 10 heteroatoms. The fourth-order valence-electron chi connectivity index (χ4n) is 2.59. The fraction of sp³-hybridized carbons (Fsp3) is 0.250. The number of thiophene rings is 1. The number of amides is 2. The van der Waals surface area contributed by atoms with Gasteiger partial charge in [-0.1, -0.05) is 6.07 Å². The predicted octanol–water partition coefficient (Wildman–Crippen LogP) is 3.87. The van der Waals surface area contributed by atoms with Crippen molar-refractivity contribution in [1.82, 2.24) is 15.6 Å². The summed E-state index contributed by atoms with van der Waals surface area (Å²) in [5.41, 5.74) is 1.09. The average Bonchev–Trinajstić information content (AvgIpc) is 3.35. The van der Waals surface area contributed by atoms with E-state index < -0.39 is 12.5 Å². The molecule has 0 aliphatic carbocycles. The Bertz CT molecular complexity index is 1020. The number of hydrogen-bond acceptors (Lipinski definition) is 6. The lowest BCUT2D eigenvalue weighted by Gasteiger charge is -2.08. The standard InChI is InChI=1S/C20H19F2N3O3S2/c1-12-25-16(11-29-12)17-6-5-15(30-17)7-8-23-18(26)10-24-19(27)13-3-2-4-14(9-13)28-20(21)22/h2-6,9,11,20H,7-8,10H2,1H3,(H,23,26)(H,24,27). The van der Waals surface area contributed by atoms with E-state index in [0.717, 1.165) is 20.5 Å². The molecule has 3 aromatic rings. The van der Waals surface area contributed by atoms with Crippen LogP contribution in [0.3, 0.4) is 0 Å². The third-order valence-electron chi connectivity index (χ3n) is 3.96. The van der Waals surface area contributed by atoms with Crippen molar-refractivity contribution in [2.75, 3.05) is 13.1 Å². The summed E-state index contributed by atoms with van der Waals surface area (Å²) < 4.78 is 28.8. The molecule has 0 fully saturated rings. The van der Waals surface area contributed by atoms with Gasteiger partial charge in [-0.2, -0.15) is 8.78 Å². The number of aryl methyl sites for hydroxylation is 1. The molecule has 0 bridgehead atoms. The maximum Gasteiger partial charge on any atom is 0.387 e. The van der Waals surface area contributed by atoms with E-state index in [0.29, 0.717) is 13.0 Å². The van der Waals surface area contributed by atoms with E-state index >= 15 is 0 Å². The van der Waals surface area contributed by atoms with Crippen LogP contribution in [0.2, 0.25) is 0 Å². The van der Waals surface area contributed by atoms with Gasteiger partial charge in [0.05, 0.1) is 22.1 Å². The number of hydrogen-bond donors (Lipinski definition) is 2. The highest BCUT2D eigenvalue weighted by Crippen LogP contribution is 2.29. The van der Waals surface area contributed by atoms with E-state index in [4.69, 9.17) is 0 Å². The first-order chi connectivity index (χ1) is 14.4. The second-order valence-electron chi connectivity index (χ2n) is 6.21. The molecular formula is C20H19F2N3O3S2. The van der Waals surface area contributed by atoms with Crippen LogP contribution in [0.5, 0.6) is 5.75 Å². The van der Waals surface area contributed by atoms with Crippen molar-refractivity contribution in [3.8, 4) is 16.3 Å². The van der Waals surface area contributed by atoms with E-state index in [2.05, 4.69) is 20.4 Å². The van der Waals surface area contributed by atoms with E-state index in [-0.39, 0.29) is 23.8 Å². The minimum atomic E-state index is -2.97. The van der Waals surface area contributed by atoms with Crippen molar-refractivity contribution in [1.29, 1.82) is 0 Å². The molecule has 0 unspecified atom stereocenters. The minimum Gasteiger partial charge on any atom is -0.435 e. The Kier molecular flexibility index (Phi) is 7.47. The summed E-state index contributed by atoms with van der Waals surface area (Å²) >= 11 is 3.23. The first kappa shape index (κ1) is 21.8. The van der Waals surface area contributed by atoms with Gasteiger partial charge in [-0.15, -0.1) is 22.7 Å². The number of nitrogens with one attached hydrogen (secondary N) is 2.